The third-order valence-corrected chi connectivity index (χ3v) is 2.65. The van der Waals surface area contributed by atoms with Crippen molar-refractivity contribution in [3.63, 3.8) is 0 Å². The van der Waals surface area contributed by atoms with Crippen LogP contribution in [-0.2, 0) is 0 Å². The summed E-state index contributed by atoms with van der Waals surface area (Å²) in [4.78, 5) is 12.0. The number of carbonyl (C=O) groups is 1. The van der Waals surface area contributed by atoms with E-state index in [-0.39, 0.29) is 18.3 Å². The van der Waals surface area contributed by atoms with Crippen LogP contribution in [0, 0.1) is 0 Å². The Bertz CT molecular complexity index is 550. The van der Waals surface area contributed by atoms with E-state index in [0.29, 0.717) is 12.2 Å². The summed E-state index contributed by atoms with van der Waals surface area (Å²) in [5, 5.41) is 10.5. The molecule has 0 bridgehead atoms. The molecule has 1 aromatic carbocycles. The van der Waals surface area contributed by atoms with Crippen LogP contribution in [0.4, 0.5) is 0 Å². The van der Waals surface area contributed by atoms with Gasteiger partial charge in [0.05, 0.1) is 5.52 Å². The van der Waals surface area contributed by atoms with Gasteiger partial charge in [0.1, 0.15) is 0 Å². The first-order valence-electron chi connectivity index (χ1n) is 5.49. The monoisotopic (exact) mass is 268 g/mol. The van der Waals surface area contributed by atoms with Gasteiger partial charge >= 0.3 is 0 Å². The number of halogens is 1. The molecule has 98 valence electrons. The predicted molar refractivity (Wildman–Crippen MR) is 73.9 cm³/mol. The van der Waals surface area contributed by atoms with Crippen molar-refractivity contribution < 1.29 is 4.79 Å². The predicted octanol–water partition coefficient (Wildman–Crippen LogP) is 1.45. The Kier molecular flexibility index (Phi) is 4.32. The van der Waals surface area contributed by atoms with Crippen LogP contribution in [0.5, 0.6) is 0 Å². The Labute approximate surface area is 112 Å². The molecule has 0 aliphatic heterocycles. The molecule has 0 saturated carbocycles. The number of rotatable bonds is 3. The molecule has 6 heteroatoms. The number of H-pyrrole nitrogens is 1. The van der Waals surface area contributed by atoms with Gasteiger partial charge in [0, 0.05) is 17.5 Å². The lowest BCUT2D eigenvalue weighted by Gasteiger charge is -2.23. The molecule has 0 spiro atoms. The first kappa shape index (κ1) is 14.5. The third-order valence-electron chi connectivity index (χ3n) is 2.65. The zero-order chi connectivity index (χ0) is 12.5. The van der Waals surface area contributed by atoms with Gasteiger partial charge in [0.2, 0.25) is 0 Å². The fraction of sp³-hybridized carbons (Fsp3) is 0.333. The van der Waals surface area contributed by atoms with Gasteiger partial charge in [0.15, 0.2) is 5.69 Å². The number of para-hydroxylation sites is 1. The number of nitrogens with zero attached hydrogens (tertiary/aromatic N) is 1. The van der Waals surface area contributed by atoms with E-state index in [2.05, 4.69) is 15.5 Å². The molecular formula is C12H17ClN4O. The molecule has 1 heterocycles. The molecule has 0 saturated heterocycles. The molecule has 0 atom stereocenters. The third kappa shape index (κ3) is 2.80. The minimum Gasteiger partial charge on any atom is -0.344 e. The van der Waals surface area contributed by atoms with Crippen molar-refractivity contribution in [3.05, 3.63) is 30.0 Å². The second kappa shape index (κ2) is 5.37. The van der Waals surface area contributed by atoms with E-state index in [9.17, 15) is 4.79 Å². The summed E-state index contributed by atoms with van der Waals surface area (Å²) in [5.41, 5.74) is 6.40. The smallest absolute Gasteiger partial charge is 0.272 e. The van der Waals surface area contributed by atoms with E-state index >= 15 is 0 Å². The summed E-state index contributed by atoms with van der Waals surface area (Å²) in [6, 6.07) is 7.52. The van der Waals surface area contributed by atoms with E-state index in [1.807, 2.05) is 38.1 Å². The van der Waals surface area contributed by atoms with Gasteiger partial charge in [-0.05, 0) is 19.9 Å². The first-order valence-corrected chi connectivity index (χ1v) is 5.49. The highest BCUT2D eigenvalue weighted by atomic mass is 35.5. The molecule has 1 aromatic heterocycles. The maximum atomic E-state index is 12.0. The summed E-state index contributed by atoms with van der Waals surface area (Å²) in [5.74, 6) is -0.210. The second-order valence-electron chi connectivity index (χ2n) is 4.66. The quantitative estimate of drug-likeness (QED) is 0.788. The van der Waals surface area contributed by atoms with Crippen LogP contribution in [0.1, 0.15) is 24.3 Å². The Hall–Kier alpha value is -1.59. The van der Waals surface area contributed by atoms with Gasteiger partial charge in [-0.15, -0.1) is 12.4 Å². The van der Waals surface area contributed by atoms with E-state index < -0.39 is 5.54 Å². The average Bonchev–Trinajstić information content (AvgIpc) is 2.72. The van der Waals surface area contributed by atoms with Crippen LogP contribution in [0.15, 0.2) is 24.3 Å². The zero-order valence-corrected chi connectivity index (χ0v) is 11.2. The summed E-state index contributed by atoms with van der Waals surface area (Å²) in [6.45, 7) is 4.13. The van der Waals surface area contributed by atoms with Crippen molar-refractivity contribution in [1.29, 1.82) is 0 Å². The van der Waals surface area contributed by atoms with Crippen LogP contribution >= 0.6 is 12.4 Å². The minimum absolute atomic E-state index is 0. The molecule has 0 aliphatic rings. The van der Waals surface area contributed by atoms with Crippen molar-refractivity contribution in [2.75, 3.05) is 6.54 Å². The number of hydrogen-bond acceptors (Lipinski definition) is 3. The normalized spacial score (nSPS) is 11.1. The van der Waals surface area contributed by atoms with Gasteiger partial charge in [0.25, 0.3) is 5.91 Å². The van der Waals surface area contributed by atoms with Crippen molar-refractivity contribution in [1.82, 2.24) is 15.5 Å². The van der Waals surface area contributed by atoms with Crippen molar-refractivity contribution in [2.24, 2.45) is 5.73 Å². The average molecular weight is 269 g/mol. The van der Waals surface area contributed by atoms with E-state index in [0.717, 1.165) is 10.9 Å². The minimum atomic E-state index is -0.433. The zero-order valence-electron chi connectivity index (χ0n) is 10.4. The van der Waals surface area contributed by atoms with Crippen LogP contribution in [0.3, 0.4) is 0 Å². The Morgan fingerprint density at radius 2 is 2.11 bits per heavy atom. The van der Waals surface area contributed by atoms with Crippen LogP contribution in [0.2, 0.25) is 0 Å². The lowest BCUT2D eigenvalue weighted by Crippen LogP contribution is -2.49. The molecule has 1 amide bonds. The summed E-state index contributed by atoms with van der Waals surface area (Å²) in [7, 11) is 0. The second-order valence-corrected chi connectivity index (χ2v) is 4.66. The highest BCUT2D eigenvalue weighted by Gasteiger charge is 2.22. The molecule has 0 radical (unpaired) electrons. The number of fused-ring (bicyclic) bond motifs is 1. The molecule has 4 N–H and O–H groups in total. The van der Waals surface area contributed by atoms with Crippen LogP contribution in [-0.4, -0.2) is 28.2 Å². The number of carbonyl (C=O) groups excluding carboxylic acids is 1. The molecular weight excluding hydrogens is 252 g/mol. The van der Waals surface area contributed by atoms with Crippen molar-refractivity contribution in [2.45, 2.75) is 19.4 Å². The number of amides is 1. The highest BCUT2D eigenvalue weighted by molar-refractivity contribution is 6.04. The molecule has 0 unspecified atom stereocenters. The van der Waals surface area contributed by atoms with Gasteiger partial charge in [-0.2, -0.15) is 5.10 Å². The highest BCUT2D eigenvalue weighted by Crippen LogP contribution is 2.15. The van der Waals surface area contributed by atoms with Crippen molar-refractivity contribution in [3.8, 4) is 0 Å². The number of benzene rings is 1. The van der Waals surface area contributed by atoms with Gasteiger partial charge < -0.3 is 11.1 Å². The lowest BCUT2D eigenvalue weighted by atomic mass is 10.1. The fourth-order valence-corrected chi connectivity index (χ4v) is 1.55. The largest absolute Gasteiger partial charge is 0.344 e. The Balaban J connectivity index is 0.00000162. The van der Waals surface area contributed by atoms with Gasteiger partial charge in [-0.3, -0.25) is 9.89 Å². The topological polar surface area (TPSA) is 83.8 Å². The maximum absolute atomic E-state index is 12.0. The maximum Gasteiger partial charge on any atom is 0.272 e. The van der Waals surface area contributed by atoms with Crippen LogP contribution < -0.4 is 11.1 Å². The number of nitrogens with two attached hydrogens (primary N) is 1. The molecule has 0 fully saturated rings. The molecule has 2 aromatic rings. The summed E-state index contributed by atoms with van der Waals surface area (Å²) in [6.07, 6.45) is 0. The lowest BCUT2D eigenvalue weighted by molar-refractivity contribution is 0.0912. The van der Waals surface area contributed by atoms with E-state index in [1.54, 1.807) is 0 Å². The summed E-state index contributed by atoms with van der Waals surface area (Å²) >= 11 is 0. The van der Waals surface area contributed by atoms with Gasteiger partial charge in [-0.1, -0.05) is 18.2 Å². The van der Waals surface area contributed by atoms with Crippen LogP contribution in [0.25, 0.3) is 10.9 Å². The number of aromatic nitrogens is 2. The van der Waals surface area contributed by atoms with E-state index in [1.165, 1.54) is 0 Å². The molecule has 5 nitrogen and oxygen atoms in total. The Morgan fingerprint density at radius 1 is 1.44 bits per heavy atom. The van der Waals surface area contributed by atoms with E-state index in [4.69, 9.17) is 5.73 Å². The van der Waals surface area contributed by atoms with Gasteiger partial charge in [-0.25, -0.2) is 0 Å². The standard InChI is InChI=1S/C12H16N4O.ClH/c1-12(2,7-13)14-11(17)10-8-5-3-4-6-9(8)15-16-10;/h3-6H,7,13H2,1-2H3,(H,14,17)(H,15,16);1H. The number of hydrogen-bond donors (Lipinski definition) is 3. The Morgan fingerprint density at radius 3 is 2.78 bits per heavy atom. The SMILES string of the molecule is CC(C)(CN)NC(=O)c1n[nH]c2ccccc12.Cl. The summed E-state index contributed by atoms with van der Waals surface area (Å²) < 4.78 is 0. The van der Waals surface area contributed by atoms with Crippen molar-refractivity contribution >= 4 is 29.2 Å². The number of nitrogens with one attached hydrogen (secondary N) is 2. The molecule has 0 aliphatic carbocycles. The fourth-order valence-electron chi connectivity index (χ4n) is 1.55. The number of aromatic amines is 1. The molecule has 2 rings (SSSR count). The first-order chi connectivity index (χ1) is 8.03. The molecule has 18 heavy (non-hydrogen) atoms.